The van der Waals surface area contributed by atoms with Gasteiger partial charge in [-0.05, 0) is 84.4 Å². The monoisotopic (exact) mass is 441 g/mol. The molecule has 1 aromatic carbocycles. The van der Waals surface area contributed by atoms with Crippen LogP contribution in [0.25, 0.3) is 0 Å². The van der Waals surface area contributed by atoms with Crippen LogP contribution in [0.5, 0.6) is 0 Å². The molecule has 0 saturated heterocycles. The van der Waals surface area contributed by atoms with Crippen LogP contribution in [-0.4, -0.2) is 42.3 Å². The summed E-state index contributed by atoms with van der Waals surface area (Å²) in [6.45, 7) is 4.77. The van der Waals surface area contributed by atoms with E-state index in [0.717, 1.165) is 42.6 Å². The third kappa shape index (κ3) is 4.14. The van der Waals surface area contributed by atoms with Crippen molar-refractivity contribution in [3.63, 3.8) is 0 Å². The summed E-state index contributed by atoms with van der Waals surface area (Å²) in [6.07, 6.45) is 9.01. The molecule has 8 heteroatoms. The topological polar surface area (TPSA) is 63.9 Å². The van der Waals surface area contributed by atoms with Crippen LogP contribution in [0.15, 0.2) is 42.1 Å². The molecule has 164 valence electrons. The largest absolute Gasteiger partial charge is 0.332 e. The molecule has 0 N–H and O–H groups in total. The van der Waals surface area contributed by atoms with Gasteiger partial charge in [-0.25, -0.2) is 9.07 Å². The van der Waals surface area contributed by atoms with Crippen molar-refractivity contribution < 1.29 is 9.18 Å². The smallest absolute Gasteiger partial charge is 0.233 e. The number of amides is 1. The Labute approximate surface area is 186 Å². The van der Waals surface area contributed by atoms with Crippen LogP contribution < -0.4 is 0 Å². The lowest BCUT2D eigenvalue weighted by Gasteiger charge is -2.60. The molecule has 1 heterocycles. The summed E-state index contributed by atoms with van der Waals surface area (Å²) in [5, 5.41) is 12.4. The molecular weight excluding hydrogens is 413 g/mol. The van der Waals surface area contributed by atoms with E-state index in [0.29, 0.717) is 24.0 Å². The molecule has 4 aliphatic rings. The minimum absolute atomic E-state index is 0.0617. The van der Waals surface area contributed by atoms with E-state index in [4.69, 9.17) is 0 Å². The molecule has 31 heavy (non-hydrogen) atoms. The summed E-state index contributed by atoms with van der Waals surface area (Å²) in [4.78, 5) is 15.8. The van der Waals surface area contributed by atoms with Crippen molar-refractivity contribution in [3.8, 4) is 0 Å². The molecule has 6 nitrogen and oxygen atoms in total. The Morgan fingerprint density at radius 2 is 1.84 bits per heavy atom. The zero-order valence-corrected chi connectivity index (χ0v) is 18.4. The summed E-state index contributed by atoms with van der Waals surface area (Å²) in [6, 6.07) is 6.56. The van der Waals surface area contributed by atoms with E-state index in [-0.39, 0.29) is 17.3 Å². The third-order valence-electron chi connectivity index (χ3n) is 7.26. The number of aromatic nitrogens is 4. The minimum Gasteiger partial charge on any atom is -0.332 e. The summed E-state index contributed by atoms with van der Waals surface area (Å²) >= 11 is 1.37. The highest BCUT2D eigenvalue weighted by Crippen LogP contribution is 2.58. The molecule has 1 amide bonds. The molecule has 0 aliphatic heterocycles. The van der Waals surface area contributed by atoms with Gasteiger partial charge in [-0.1, -0.05) is 30.0 Å². The maximum Gasteiger partial charge on any atom is 0.233 e. The number of carbonyl (C=O) groups is 1. The van der Waals surface area contributed by atoms with Gasteiger partial charge in [0.25, 0.3) is 0 Å². The third-order valence-corrected chi connectivity index (χ3v) is 8.20. The number of thioether (sulfide) groups is 1. The van der Waals surface area contributed by atoms with Crippen molar-refractivity contribution in [2.75, 3.05) is 5.75 Å². The number of hydrogen-bond acceptors (Lipinski definition) is 5. The van der Waals surface area contributed by atoms with Gasteiger partial charge in [0, 0.05) is 12.1 Å². The van der Waals surface area contributed by atoms with Gasteiger partial charge in [0.2, 0.25) is 11.1 Å². The first-order valence-electron chi connectivity index (χ1n) is 11.1. The van der Waals surface area contributed by atoms with Crippen LogP contribution in [0.4, 0.5) is 4.39 Å². The molecule has 6 rings (SSSR count). The number of allylic oxidation sites excluding steroid dienone is 1. The number of benzene rings is 1. The highest BCUT2D eigenvalue weighted by Gasteiger charge is 2.54. The number of tetrazole rings is 1. The van der Waals surface area contributed by atoms with Crippen LogP contribution in [0.2, 0.25) is 0 Å². The molecule has 4 fully saturated rings. The highest BCUT2D eigenvalue weighted by molar-refractivity contribution is 7.99. The van der Waals surface area contributed by atoms with Gasteiger partial charge in [-0.2, -0.15) is 0 Å². The molecule has 4 saturated carbocycles. The number of rotatable bonds is 8. The fourth-order valence-electron chi connectivity index (χ4n) is 6.43. The predicted molar refractivity (Wildman–Crippen MR) is 117 cm³/mol. The molecule has 4 aliphatic carbocycles. The highest BCUT2D eigenvalue weighted by atomic mass is 32.2. The predicted octanol–water partition coefficient (Wildman–Crippen LogP) is 4.09. The van der Waals surface area contributed by atoms with Gasteiger partial charge in [0.1, 0.15) is 5.82 Å². The Balaban J connectivity index is 1.38. The number of nitrogens with zero attached hydrogens (tertiary/aromatic N) is 5. The summed E-state index contributed by atoms with van der Waals surface area (Å²) in [5.41, 5.74) is 0.917. The molecule has 0 atom stereocenters. The maximum absolute atomic E-state index is 13.6. The zero-order valence-electron chi connectivity index (χ0n) is 17.6. The first-order chi connectivity index (χ1) is 15.0. The van der Waals surface area contributed by atoms with E-state index in [9.17, 15) is 9.18 Å². The van der Waals surface area contributed by atoms with E-state index in [1.54, 1.807) is 22.9 Å². The Bertz CT molecular complexity index is 924. The fourth-order valence-corrected chi connectivity index (χ4v) is 7.19. The summed E-state index contributed by atoms with van der Waals surface area (Å²) in [7, 11) is 0. The van der Waals surface area contributed by atoms with Crippen molar-refractivity contribution in [3.05, 3.63) is 48.3 Å². The number of hydrogen-bond donors (Lipinski definition) is 0. The Hall–Kier alpha value is -2.22. The number of halogens is 1. The van der Waals surface area contributed by atoms with Gasteiger partial charge in [-0.15, -0.1) is 11.7 Å². The van der Waals surface area contributed by atoms with Crippen LogP contribution in [0.1, 0.15) is 44.1 Å². The second-order valence-electron chi connectivity index (χ2n) is 9.47. The minimum atomic E-state index is -0.249. The maximum atomic E-state index is 13.6. The van der Waals surface area contributed by atoms with E-state index < -0.39 is 0 Å². The standard InChI is InChI=1S/C23H28FN5OS/c1-2-7-29-22(25-26-27-29)31-15-21(30)28(14-16-3-5-20(24)6-4-16)23-11-17-8-18(12-23)10-19(9-17)13-23/h2-6,17-19H,1,7-15H2. The SMILES string of the molecule is C=CCn1nnnc1SCC(=O)N(Cc1ccc(F)cc1)C12CC3CC(CC(C3)C1)C2. The zero-order chi connectivity index (χ0) is 21.4. The molecule has 0 radical (unpaired) electrons. The lowest BCUT2D eigenvalue weighted by Crippen LogP contribution is -2.61. The van der Waals surface area contributed by atoms with E-state index in [1.165, 1.54) is 43.2 Å². The molecule has 1 aromatic heterocycles. The molecule has 4 bridgehead atoms. The van der Waals surface area contributed by atoms with Gasteiger partial charge < -0.3 is 4.90 Å². The molecule has 0 spiro atoms. The second kappa shape index (κ2) is 8.37. The van der Waals surface area contributed by atoms with E-state index >= 15 is 0 Å². The van der Waals surface area contributed by atoms with E-state index in [1.807, 2.05) is 0 Å². The Morgan fingerprint density at radius 3 is 2.45 bits per heavy atom. The van der Waals surface area contributed by atoms with Crippen LogP contribution in [-0.2, 0) is 17.9 Å². The van der Waals surface area contributed by atoms with Crippen molar-refractivity contribution in [2.24, 2.45) is 17.8 Å². The van der Waals surface area contributed by atoms with Crippen molar-refractivity contribution in [2.45, 2.75) is 62.3 Å². The van der Waals surface area contributed by atoms with E-state index in [2.05, 4.69) is 27.0 Å². The summed E-state index contributed by atoms with van der Waals surface area (Å²) < 4.78 is 15.1. The van der Waals surface area contributed by atoms with Crippen LogP contribution in [0.3, 0.4) is 0 Å². The first kappa shape index (κ1) is 20.7. The second-order valence-corrected chi connectivity index (χ2v) is 10.4. The normalized spacial score (nSPS) is 28.6. The molecule has 2 aromatic rings. The summed E-state index contributed by atoms with van der Waals surface area (Å²) in [5.74, 6) is 2.37. The molecular formula is C23H28FN5OS. The quantitative estimate of drug-likeness (QED) is 0.456. The van der Waals surface area contributed by atoms with Gasteiger partial charge in [0.05, 0.1) is 12.3 Å². The fraction of sp³-hybridized carbons (Fsp3) is 0.565. The lowest BCUT2D eigenvalue weighted by atomic mass is 9.52. The average Bonchev–Trinajstić information content (AvgIpc) is 3.18. The van der Waals surface area contributed by atoms with Crippen molar-refractivity contribution >= 4 is 17.7 Å². The van der Waals surface area contributed by atoms with Gasteiger partial charge in [0.15, 0.2) is 0 Å². The Morgan fingerprint density at radius 1 is 1.19 bits per heavy atom. The Kier molecular flexibility index (Phi) is 5.58. The van der Waals surface area contributed by atoms with Crippen molar-refractivity contribution in [1.29, 1.82) is 0 Å². The van der Waals surface area contributed by atoms with Gasteiger partial charge >= 0.3 is 0 Å². The lowest BCUT2D eigenvalue weighted by molar-refractivity contribution is -0.149. The van der Waals surface area contributed by atoms with Gasteiger partial charge in [-0.3, -0.25) is 4.79 Å². The number of carbonyl (C=O) groups excluding carboxylic acids is 1. The van der Waals surface area contributed by atoms with Crippen molar-refractivity contribution in [1.82, 2.24) is 25.1 Å². The van der Waals surface area contributed by atoms with Crippen LogP contribution in [0, 0.1) is 23.6 Å². The molecule has 0 unspecified atom stereocenters. The first-order valence-corrected chi connectivity index (χ1v) is 12.1. The average molecular weight is 442 g/mol. The van der Waals surface area contributed by atoms with Crippen LogP contribution >= 0.6 is 11.8 Å².